The van der Waals surface area contributed by atoms with Crippen LogP contribution >= 0.6 is 0 Å². The van der Waals surface area contributed by atoms with Crippen LogP contribution in [0.4, 0.5) is 0 Å². The molecular weight excluding hydrogens is 390 g/mol. The molecule has 0 fully saturated rings. The summed E-state index contributed by atoms with van der Waals surface area (Å²) in [5.74, 6) is 2.69. The minimum atomic E-state index is 0.291. The van der Waals surface area contributed by atoms with Crippen LogP contribution in [0, 0.1) is 0 Å². The third kappa shape index (κ3) is 5.43. The molecule has 2 aliphatic heterocycles. The lowest BCUT2D eigenvalue weighted by Gasteiger charge is -2.33. The van der Waals surface area contributed by atoms with Crippen LogP contribution in [0.25, 0.3) is 0 Å². The molecule has 2 N–H and O–H groups in total. The standard InChI is InChI=1S/C23H35N7O/c1-4-24-23(26-20-9-10-22-27-21(16-31-3)28-30(22)15-20)25-13-17(2)29-12-11-18-7-5-6-8-19(18)14-29/h5-8,17,20H,4,9-16H2,1-3H3,(H2,24,25,26). The molecule has 168 valence electrons. The fraction of sp³-hybridized carbons (Fsp3) is 0.609. The summed E-state index contributed by atoms with van der Waals surface area (Å²) in [6.45, 7) is 9.37. The van der Waals surface area contributed by atoms with Crippen molar-refractivity contribution in [3.05, 3.63) is 47.0 Å². The van der Waals surface area contributed by atoms with E-state index in [2.05, 4.69) is 63.7 Å². The average molecular weight is 426 g/mol. The Bertz CT molecular complexity index is 894. The number of hydrogen-bond acceptors (Lipinski definition) is 5. The highest BCUT2D eigenvalue weighted by atomic mass is 16.5. The maximum absolute atomic E-state index is 5.17. The van der Waals surface area contributed by atoms with Crippen LogP contribution in [-0.2, 0) is 37.3 Å². The van der Waals surface area contributed by atoms with E-state index in [0.29, 0.717) is 18.7 Å². The number of methoxy groups -OCH3 is 1. The Morgan fingerprint density at radius 3 is 2.94 bits per heavy atom. The molecule has 1 aromatic carbocycles. The summed E-state index contributed by atoms with van der Waals surface area (Å²) in [5.41, 5.74) is 2.94. The second-order valence-corrected chi connectivity index (χ2v) is 8.50. The lowest BCUT2D eigenvalue weighted by atomic mass is 9.99. The summed E-state index contributed by atoms with van der Waals surface area (Å²) in [6, 6.07) is 9.48. The zero-order valence-corrected chi connectivity index (χ0v) is 19.0. The summed E-state index contributed by atoms with van der Waals surface area (Å²) in [7, 11) is 1.67. The average Bonchev–Trinajstić information content (AvgIpc) is 3.19. The van der Waals surface area contributed by atoms with Gasteiger partial charge in [0.2, 0.25) is 0 Å². The minimum Gasteiger partial charge on any atom is -0.377 e. The molecule has 8 heteroatoms. The number of hydrogen-bond donors (Lipinski definition) is 2. The van der Waals surface area contributed by atoms with E-state index >= 15 is 0 Å². The van der Waals surface area contributed by atoms with Crippen LogP contribution in [0.1, 0.15) is 43.0 Å². The van der Waals surface area contributed by atoms with Gasteiger partial charge in [-0.05, 0) is 37.8 Å². The van der Waals surface area contributed by atoms with Crippen LogP contribution in [0.15, 0.2) is 29.3 Å². The van der Waals surface area contributed by atoms with Crippen molar-refractivity contribution in [2.45, 2.75) is 64.9 Å². The first-order chi connectivity index (χ1) is 15.2. The van der Waals surface area contributed by atoms with Gasteiger partial charge in [0.15, 0.2) is 11.8 Å². The van der Waals surface area contributed by atoms with Gasteiger partial charge in [-0.3, -0.25) is 9.89 Å². The van der Waals surface area contributed by atoms with Crippen molar-refractivity contribution in [3.63, 3.8) is 0 Å². The number of rotatable bonds is 7. The smallest absolute Gasteiger partial charge is 0.191 e. The Kier molecular flexibility index (Phi) is 7.19. The molecule has 0 saturated carbocycles. The fourth-order valence-corrected chi connectivity index (χ4v) is 4.41. The topological polar surface area (TPSA) is 79.6 Å². The summed E-state index contributed by atoms with van der Waals surface area (Å²) in [5, 5.41) is 11.6. The third-order valence-electron chi connectivity index (χ3n) is 6.16. The van der Waals surface area contributed by atoms with E-state index in [1.54, 1.807) is 7.11 Å². The Morgan fingerprint density at radius 2 is 2.13 bits per heavy atom. The van der Waals surface area contributed by atoms with E-state index < -0.39 is 0 Å². The van der Waals surface area contributed by atoms with E-state index in [-0.39, 0.29) is 0 Å². The highest BCUT2D eigenvalue weighted by molar-refractivity contribution is 5.80. The number of fused-ring (bicyclic) bond motifs is 2. The molecule has 2 atom stereocenters. The molecule has 0 spiro atoms. The molecule has 31 heavy (non-hydrogen) atoms. The first-order valence-electron chi connectivity index (χ1n) is 11.4. The molecule has 3 heterocycles. The number of benzene rings is 1. The summed E-state index contributed by atoms with van der Waals surface area (Å²) >= 11 is 0. The lowest BCUT2D eigenvalue weighted by Crippen LogP contribution is -2.48. The maximum Gasteiger partial charge on any atom is 0.191 e. The molecule has 2 unspecified atom stereocenters. The van der Waals surface area contributed by atoms with Gasteiger partial charge in [-0.15, -0.1) is 0 Å². The van der Waals surface area contributed by atoms with Crippen LogP contribution in [0.2, 0.25) is 0 Å². The van der Waals surface area contributed by atoms with Crippen molar-refractivity contribution in [2.75, 3.05) is 26.7 Å². The largest absolute Gasteiger partial charge is 0.377 e. The Hall–Kier alpha value is -2.45. The number of guanidine groups is 1. The zero-order chi connectivity index (χ0) is 21.6. The zero-order valence-electron chi connectivity index (χ0n) is 19.0. The van der Waals surface area contributed by atoms with Gasteiger partial charge in [-0.25, -0.2) is 9.67 Å². The molecule has 0 saturated heterocycles. The van der Waals surface area contributed by atoms with Crippen molar-refractivity contribution in [1.82, 2.24) is 30.3 Å². The van der Waals surface area contributed by atoms with Gasteiger partial charge in [0.05, 0.1) is 13.1 Å². The van der Waals surface area contributed by atoms with E-state index in [9.17, 15) is 0 Å². The van der Waals surface area contributed by atoms with Crippen molar-refractivity contribution >= 4 is 5.96 Å². The molecule has 2 aromatic rings. The quantitative estimate of drug-likeness (QED) is 0.520. The van der Waals surface area contributed by atoms with Gasteiger partial charge >= 0.3 is 0 Å². The predicted octanol–water partition coefficient (Wildman–Crippen LogP) is 1.74. The van der Waals surface area contributed by atoms with E-state index in [1.807, 2.05) is 4.68 Å². The van der Waals surface area contributed by atoms with Gasteiger partial charge in [0, 0.05) is 45.2 Å². The van der Waals surface area contributed by atoms with E-state index in [0.717, 1.165) is 69.6 Å². The van der Waals surface area contributed by atoms with E-state index in [1.165, 1.54) is 11.1 Å². The highest BCUT2D eigenvalue weighted by Gasteiger charge is 2.23. The molecule has 4 rings (SSSR count). The molecule has 8 nitrogen and oxygen atoms in total. The van der Waals surface area contributed by atoms with Gasteiger partial charge in [-0.2, -0.15) is 5.10 Å². The number of aliphatic imine (C=N–C) groups is 1. The van der Waals surface area contributed by atoms with E-state index in [4.69, 9.17) is 9.73 Å². The summed E-state index contributed by atoms with van der Waals surface area (Å²) in [4.78, 5) is 12.0. The second kappa shape index (κ2) is 10.2. The SMILES string of the molecule is CCNC(=NCC(C)N1CCc2ccccc2C1)NC1CCc2nc(COC)nn2C1. The number of aromatic nitrogens is 3. The highest BCUT2D eigenvalue weighted by Crippen LogP contribution is 2.20. The molecule has 1 aromatic heterocycles. The molecule has 0 amide bonds. The van der Waals surface area contributed by atoms with Gasteiger partial charge in [-0.1, -0.05) is 24.3 Å². The molecular formula is C23H35N7O. The number of ether oxygens (including phenoxy) is 1. The van der Waals surface area contributed by atoms with Crippen molar-refractivity contribution < 1.29 is 4.74 Å². The van der Waals surface area contributed by atoms with Crippen molar-refractivity contribution in [2.24, 2.45) is 4.99 Å². The first kappa shape index (κ1) is 21.8. The normalized spacial score (nSPS) is 20.1. The van der Waals surface area contributed by atoms with Crippen LogP contribution in [0.3, 0.4) is 0 Å². The number of nitrogens with zero attached hydrogens (tertiary/aromatic N) is 5. The second-order valence-electron chi connectivity index (χ2n) is 8.50. The summed E-state index contributed by atoms with van der Waals surface area (Å²) in [6.07, 6.45) is 3.06. The van der Waals surface area contributed by atoms with Crippen molar-refractivity contribution in [3.8, 4) is 0 Å². The summed E-state index contributed by atoms with van der Waals surface area (Å²) < 4.78 is 7.17. The number of aryl methyl sites for hydroxylation is 1. The van der Waals surface area contributed by atoms with Crippen LogP contribution in [0.5, 0.6) is 0 Å². The Labute approximate surface area is 185 Å². The predicted molar refractivity (Wildman–Crippen MR) is 122 cm³/mol. The molecule has 2 aliphatic rings. The van der Waals surface area contributed by atoms with Gasteiger partial charge in [0.1, 0.15) is 12.4 Å². The number of nitrogens with one attached hydrogen (secondary N) is 2. The Morgan fingerprint density at radius 1 is 1.29 bits per heavy atom. The lowest BCUT2D eigenvalue weighted by molar-refractivity contribution is 0.177. The molecule has 0 aliphatic carbocycles. The minimum absolute atomic E-state index is 0.291. The monoisotopic (exact) mass is 425 g/mol. The van der Waals surface area contributed by atoms with Gasteiger partial charge in [0.25, 0.3) is 0 Å². The van der Waals surface area contributed by atoms with Crippen molar-refractivity contribution in [1.29, 1.82) is 0 Å². The molecule has 0 bridgehead atoms. The van der Waals surface area contributed by atoms with Gasteiger partial charge < -0.3 is 15.4 Å². The third-order valence-corrected chi connectivity index (χ3v) is 6.16. The Balaban J connectivity index is 1.34. The molecule has 0 radical (unpaired) electrons. The van der Waals surface area contributed by atoms with Crippen LogP contribution in [-0.4, -0.2) is 64.5 Å². The maximum atomic E-state index is 5.17. The van der Waals surface area contributed by atoms with Crippen LogP contribution < -0.4 is 10.6 Å². The fourth-order valence-electron chi connectivity index (χ4n) is 4.41. The first-order valence-corrected chi connectivity index (χ1v) is 11.4.